The number of methoxy groups -OCH3 is 1. The van der Waals surface area contributed by atoms with Crippen LogP contribution in [0.4, 0.5) is 4.39 Å². The summed E-state index contributed by atoms with van der Waals surface area (Å²) in [6, 6.07) is 5.75. The van der Waals surface area contributed by atoms with Gasteiger partial charge in [0.15, 0.2) is 17.3 Å². The highest BCUT2D eigenvalue weighted by Gasteiger charge is 2.16. The van der Waals surface area contributed by atoms with Crippen LogP contribution in [0.3, 0.4) is 0 Å². The second kappa shape index (κ2) is 4.41. The van der Waals surface area contributed by atoms with Crippen molar-refractivity contribution in [3.63, 3.8) is 0 Å². The molecule has 0 aliphatic rings. The lowest BCUT2D eigenvalue weighted by molar-refractivity contribution is 0.101. The highest BCUT2D eigenvalue weighted by molar-refractivity contribution is 6.08. The fraction of sp³-hybridized carbons (Fsp3) is 0.154. The van der Waals surface area contributed by atoms with Gasteiger partial charge in [-0.05, 0) is 36.8 Å². The molecule has 0 N–H and O–H groups in total. The molecular weight excluding hydrogens is 223 g/mol. The lowest BCUT2D eigenvalue weighted by atomic mass is 10.1. The summed E-state index contributed by atoms with van der Waals surface area (Å²) in [6.45, 7) is 1.76. The number of furan rings is 1. The van der Waals surface area contributed by atoms with Gasteiger partial charge in [0.25, 0.3) is 0 Å². The first-order valence-corrected chi connectivity index (χ1v) is 5.06. The van der Waals surface area contributed by atoms with Gasteiger partial charge in [-0.2, -0.15) is 0 Å². The zero-order valence-corrected chi connectivity index (χ0v) is 9.49. The molecule has 2 aromatic rings. The average Bonchev–Trinajstić information content (AvgIpc) is 2.74. The van der Waals surface area contributed by atoms with E-state index < -0.39 is 5.82 Å². The Bertz CT molecular complexity index is 558. The quantitative estimate of drug-likeness (QED) is 0.766. The van der Waals surface area contributed by atoms with Crippen molar-refractivity contribution in [3.8, 4) is 5.75 Å². The average molecular weight is 234 g/mol. The molecule has 0 aliphatic carbocycles. The largest absolute Gasteiger partial charge is 0.494 e. The van der Waals surface area contributed by atoms with Crippen molar-refractivity contribution in [3.05, 3.63) is 53.2 Å². The number of ether oxygens (including phenoxy) is 1. The molecule has 0 spiro atoms. The minimum absolute atomic E-state index is 0.109. The minimum Gasteiger partial charge on any atom is -0.494 e. The molecule has 0 aliphatic heterocycles. The van der Waals surface area contributed by atoms with E-state index in [-0.39, 0.29) is 22.9 Å². The monoisotopic (exact) mass is 234 g/mol. The molecule has 1 aromatic carbocycles. The van der Waals surface area contributed by atoms with Gasteiger partial charge in [0.2, 0.25) is 5.78 Å². The van der Waals surface area contributed by atoms with Gasteiger partial charge in [-0.3, -0.25) is 4.79 Å². The van der Waals surface area contributed by atoms with Crippen LogP contribution in [0.5, 0.6) is 5.75 Å². The number of halogens is 1. The van der Waals surface area contributed by atoms with Crippen molar-refractivity contribution in [2.75, 3.05) is 7.11 Å². The molecular formula is C13H11FO3. The summed E-state index contributed by atoms with van der Waals surface area (Å²) in [7, 11) is 1.37. The molecule has 0 atom stereocenters. The van der Waals surface area contributed by atoms with Crippen LogP contribution in [0.15, 0.2) is 34.9 Å². The van der Waals surface area contributed by atoms with Crippen molar-refractivity contribution in [2.24, 2.45) is 0 Å². The Kier molecular flexibility index (Phi) is 2.95. The van der Waals surface area contributed by atoms with E-state index >= 15 is 0 Å². The Morgan fingerprint density at radius 3 is 2.65 bits per heavy atom. The molecule has 17 heavy (non-hydrogen) atoms. The molecule has 0 unspecified atom stereocenters. The smallest absolute Gasteiger partial charge is 0.228 e. The van der Waals surface area contributed by atoms with Crippen LogP contribution >= 0.6 is 0 Å². The highest BCUT2D eigenvalue weighted by Crippen LogP contribution is 2.21. The predicted molar refractivity (Wildman–Crippen MR) is 59.8 cm³/mol. The maximum absolute atomic E-state index is 13.4. The minimum atomic E-state index is -0.567. The summed E-state index contributed by atoms with van der Waals surface area (Å²) in [5.41, 5.74) is 0.965. The zero-order chi connectivity index (χ0) is 12.4. The molecule has 1 aromatic heterocycles. The van der Waals surface area contributed by atoms with Crippen LogP contribution in [0.25, 0.3) is 0 Å². The fourth-order valence-electron chi connectivity index (χ4n) is 1.54. The van der Waals surface area contributed by atoms with E-state index in [1.54, 1.807) is 13.0 Å². The second-order valence-corrected chi connectivity index (χ2v) is 3.61. The molecule has 0 saturated heterocycles. The number of benzene rings is 1. The highest BCUT2D eigenvalue weighted by atomic mass is 19.1. The molecule has 0 bridgehead atoms. The van der Waals surface area contributed by atoms with Gasteiger partial charge in [0.1, 0.15) is 0 Å². The number of ketones is 1. The maximum Gasteiger partial charge on any atom is 0.228 e. The first-order chi connectivity index (χ1) is 8.13. The summed E-state index contributed by atoms with van der Waals surface area (Å²) in [5, 5.41) is 0. The number of rotatable bonds is 3. The van der Waals surface area contributed by atoms with Crippen LogP contribution in [-0.4, -0.2) is 12.9 Å². The van der Waals surface area contributed by atoms with E-state index in [9.17, 15) is 9.18 Å². The third-order valence-corrected chi connectivity index (χ3v) is 2.48. The predicted octanol–water partition coefficient (Wildman–Crippen LogP) is 2.97. The van der Waals surface area contributed by atoms with Crippen molar-refractivity contribution in [1.29, 1.82) is 0 Å². The van der Waals surface area contributed by atoms with E-state index in [0.29, 0.717) is 0 Å². The Balaban J connectivity index is 2.39. The number of carbonyl (C=O) groups is 1. The summed E-state index contributed by atoms with van der Waals surface area (Å²) in [5.74, 6) is -0.566. The van der Waals surface area contributed by atoms with Crippen molar-refractivity contribution >= 4 is 5.78 Å². The number of hydrogen-bond acceptors (Lipinski definition) is 3. The number of carbonyl (C=O) groups excluding carboxylic acids is 1. The van der Waals surface area contributed by atoms with E-state index in [1.807, 2.05) is 0 Å². The van der Waals surface area contributed by atoms with Crippen LogP contribution in [0, 0.1) is 12.7 Å². The van der Waals surface area contributed by atoms with Crippen LogP contribution in [0.1, 0.15) is 21.7 Å². The molecule has 0 fully saturated rings. The Labute approximate surface area is 97.8 Å². The number of aryl methyl sites for hydroxylation is 1. The Morgan fingerprint density at radius 1 is 1.35 bits per heavy atom. The van der Waals surface area contributed by atoms with E-state index in [1.165, 1.54) is 25.5 Å². The van der Waals surface area contributed by atoms with Gasteiger partial charge in [-0.25, -0.2) is 4.39 Å². The molecule has 0 amide bonds. The van der Waals surface area contributed by atoms with E-state index in [4.69, 9.17) is 9.15 Å². The topological polar surface area (TPSA) is 39.4 Å². The van der Waals surface area contributed by atoms with Gasteiger partial charge in [-0.1, -0.05) is 0 Å². The molecule has 1 heterocycles. The van der Waals surface area contributed by atoms with Gasteiger partial charge in [0.05, 0.1) is 13.4 Å². The summed E-state index contributed by atoms with van der Waals surface area (Å²) >= 11 is 0. The molecule has 2 rings (SSSR count). The lowest BCUT2D eigenvalue weighted by Crippen LogP contribution is -2.02. The SMILES string of the molecule is COc1ccc(C(=O)c2occc2C)cc1F. The molecule has 4 heteroatoms. The van der Waals surface area contributed by atoms with Crippen LogP contribution < -0.4 is 4.74 Å². The Morgan fingerprint density at radius 2 is 2.12 bits per heavy atom. The third-order valence-electron chi connectivity index (χ3n) is 2.48. The molecule has 0 radical (unpaired) electrons. The summed E-state index contributed by atoms with van der Waals surface area (Å²) < 4.78 is 23.3. The Hall–Kier alpha value is -2.10. The fourth-order valence-corrected chi connectivity index (χ4v) is 1.54. The van der Waals surface area contributed by atoms with Gasteiger partial charge in [-0.15, -0.1) is 0 Å². The zero-order valence-electron chi connectivity index (χ0n) is 9.49. The van der Waals surface area contributed by atoms with Crippen molar-refractivity contribution < 1.29 is 18.3 Å². The van der Waals surface area contributed by atoms with Gasteiger partial charge < -0.3 is 9.15 Å². The summed E-state index contributed by atoms with van der Waals surface area (Å²) in [4.78, 5) is 12.0. The van der Waals surface area contributed by atoms with Crippen molar-refractivity contribution in [1.82, 2.24) is 0 Å². The molecule has 0 saturated carbocycles. The standard InChI is InChI=1S/C13H11FO3/c1-8-5-6-17-13(8)12(15)9-3-4-11(16-2)10(14)7-9/h3-7H,1-2H3. The molecule has 3 nitrogen and oxygen atoms in total. The normalized spacial score (nSPS) is 10.3. The van der Waals surface area contributed by atoms with Crippen LogP contribution in [0.2, 0.25) is 0 Å². The third kappa shape index (κ3) is 2.06. The lowest BCUT2D eigenvalue weighted by Gasteiger charge is -2.03. The van der Waals surface area contributed by atoms with E-state index in [2.05, 4.69) is 0 Å². The molecule has 88 valence electrons. The van der Waals surface area contributed by atoms with Gasteiger partial charge in [0, 0.05) is 5.56 Å². The number of hydrogen-bond donors (Lipinski definition) is 0. The maximum atomic E-state index is 13.4. The van der Waals surface area contributed by atoms with Crippen LogP contribution in [-0.2, 0) is 0 Å². The first kappa shape index (κ1) is 11.4. The van der Waals surface area contributed by atoms with E-state index in [0.717, 1.165) is 11.6 Å². The second-order valence-electron chi connectivity index (χ2n) is 3.61. The van der Waals surface area contributed by atoms with Crippen molar-refractivity contribution in [2.45, 2.75) is 6.92 Å². The first-order valence-electron chi connectivity index (χ1n) is 5.06. The van der Waals surface area contributed by atoms with Gasteiger partial charge >= 0.3 is 0 Å². The summed E-state index contributed by atoms with van der Waals surface area (Å²) in [6.07, 6.45) is 1.43.